The highest BCUT2D eigenvalue weighted by atomic mass is 19.4. The molecule has 0 amide bonds. The Labute approximate surface area is 111 Å². The van der Waals surface area contributed by atoms with Crippen molar-refractivity contribution in [3.8, 4) is 6.07 Å². The highest BCUT2D eigenvalue weighted by molar-refractivity contribution is 5.54. The van der Waals surface area contributed by atoms with Crippen molar-refractivity contribution in [2.75, 3.05) is 5.32 Å². The number of hydrogen-bond acceptors (Lipinski definition) is 2. The monoisotopic (exact) mass is 270 g/mol. The zero-order valence-corrected chi connectivity index (χ0v) is 11.2. The van der Waals surface area contributed by atoms with Crippen molar-refractivity contribution in [1.82, 2.24) is 0 Å². The summed E-state index contributed by atoms with van der Waals surface area (Å²) in [4.78, 5) is 0. The lowest BCUT2D eigenvalue weighted by atomic mass is 9.94. The molecule has 0 aliphatic rings. The zero-order valence-electron chi connectivity index (χ0n) is 11.2. The number of benzene rings is 1. The fraction of sp³-hybridized carbons (Fsp3) is 0.500. The number of rotatable bonds is 4. The van der Waals surface area contributed by atoms with Crippen LogP contribution in [-0.2, 0) is 6.18 Å². The van der Waals surface area contributed by atoms with Gasteiger partial charge in [0.25, 0.3) is 0 Å². The fourth-order valence-electron chi connectivity index (χ4n) is 1.74. The molecular weight excluding hydrogens is 253 g/mol. The lowest BCUT2D eigenvalue weighted by Gasteiger charge is -2.29. The minimum absolute atomic E-state index is 0.188. The second-order valence-electron chi connectivity index (χ2n) is 4.76. The van der Waals surface area contributed by atoms with E-state index in [0.717, 1.165) is 18.9 Å². The van der Waals surface area contributed by atoms with E-state index >= 15 is 0 Å². The molecule has 104 valence electrons. The Morgan fingerprint density at radius 1 is 1.21 bits per heavy atom. The maximum Gasteiger partial charge on any atom is 0.417 e. The highest BCUT2D eigenvalue weighted by Gasteiger charge is 2.33. The highest BCUT2D eigenvalue weighted by Crippen LogP contribution is 2.33. The minimum Gasteiger partial charge on any atom is -0.380 e. The van der Waals surface area contributed by atoms with Gasteiger partial charge in [0.05, 0.1) is 17.2 Å². The number of anilines is 1. The second kappa shape index (κ2) is 5.52. The van der Waals surface area contributed by atoms with E-state index in [9.17, 15) is 13.2 Å². The van der Waals surface area contributed by atoms with Gasteiger partial charge in [0.1, 0.15) is 0 Å². The number of hydrogen-bond donors (Lipinski definition) is 1. The first-order valence-electron chi connectivity index (χ1n) is 6.15. The minimum atomic E-state index is -4.50. The van der Waals surface area contributed by atoms with Gasteiger partial charge >= 0.3 is 6.18 Å². The van der Waals surface area contributed by atoms with Crippen molar-refractivity contribution in [3.63, 3.8) is 0 Å². The van der Waals surface area contributed by atoms with Crippen LogP contribution in [0.1, 0.15) is 44.7 Å². The van der Waals surface area contributed by atoms with E-state index in [4.69, 9.17) is 5.26 Å². The lowest BCUT2D eigenvalue weighted by molar-refractivity contribution is -0.137. The Morgan fingerprint density at radius 2 is 1.79 bits per heavy atom. The van der Waals surface area contributed by atoms with Crippen molar-refractivity contribution in [1.29, 1.82) is 5.26 Å². The van der Waals surface area contributed by atoms with Crippen molar-refractivity contribution in [3.05, 3.63) is 29.3 Å². The van der Waals surface area contributed by atoms with Gasteiger partial charge < -0.3 is 5.32 Å². The standard InChI is InChI=1S/C14H17F3N2/c1-4-13(3,5-2)19-11-6-7-12(14(15,16)17)10(8-11)9-18/h6-8,19H,4-5H2,1-3H3. The van der Waals surface area contributed by atoms with Gasteiger partial charge in [-0.25, -0.2) is 0 Å². The molecule has 0 heterocycles. The molecule has 2 nitrogen and oxygen atoms in total. The maximum atomic E-state index is 12.7. The molecule has 1 aromatic carbocycles. The average Bonchev–Trinajstić information content (AvgIpc) is 2.37. The van der Waals surface area contributed by atoms with Gasteiger partial charge in [-0.2, -0.15) is 18.4 Å². The molecular formula is C14H17F3N2. The summed E-state index contributed by atoms with van der Waals surface area (Å²) in [5.74, 6) is 0. The Morgan fingerprint density at radius 3 is 2.21 bits per heavy atom. The smallest absolute Gasteiger partial charge is 0.380 e. The molecule has 0 saturated carbocycles. The predicted octanol–water partition coefficient (Wildman–Crippen LogP) is 4.57. The molecule has 0 aromatic heterocycles. The molecule has 0 fully saturated rings. The van der Waals surface area contributed by atoms with Gasteiger partial charge in [-0.1, -0.05) is 13.8 Å². The van der Waals surface area contributed by atoms with Gasteiger partial charge in [0.15, 0.2) is 0 Å². The molecule has 19 heavy (non-hydrogen) atoms. The van der Waals surface area contributed by atoms with Crippen LogP contribution in [0.5, 0.6) is 0 Å². The van der Waals surface area contributed by atoms with Crippen LogP contribution in [0.4, 0.5) is 18.9 Å². The summed E-state index contributed by atoms with van der Waals surface area (Å²) >= 11 is 0. The Balaban J connectivity index is 3.12. The van der Waals surface area contributed by atoms with Crippen LogP contribution in [0.25, 0.3) is 0 Å². The zero-order chi connectivity index (χ0) is 14.7. The number of alkyl halides is 3. The third-order valence-corrected chi connectivity index (χ3v) is 3.45. The largest absolute Gasteiger partial charge is 0.417 e. The first kappa shape index (κ1) is 15.4. The summed E-state index contributed by atoms with van der Waals surface area (Å²) in [6, 6.07) is 5.18. The molecule has 0 saturated heterocycles. The van der Waals surface area contributed by atoms with Crippen molar-refractivity contribution in [2.24, 2.45) is 0 Å². The first-order valence-corrected chi connectivity index (χ1v) is 6.15. The van der Waals surface area contributed by atoms with E-state index in [1.165, 1.54) is 12.1 Å². The van der Waals surface area contributed by atoms with Crippen molar-refractivity contribution in [2.45, 2.75) is 45.3 Å². The fourth-order valence-corrected chi connectivity index (χ4v) is 1.74. The van der Waals surface area contributed by atoms with E-state index in [1.807, 2.05) is 20.8 Å². The number of nitriles is 1. The first-order chi connectivity index (χ1) is 8.75. The van der Waals surface area contributed by atoms with Gasteiger partial charge in [-0.05, 0) is 38.0 Å². The van der Waals surface area contributed by atoms with E-state index in [0.29, 0.717) is 5.69 Å². The van der Waals surface area contributed by atoms with E-state index < -0.39 is 11.7 Å². The predicted molar refractivity (Wildman–Crippen MR) is 68.8 cm³/mol. The average molecular weight is 270 g/mol. The quantitative estimate of drug-likeness (QED) is 0.870. The summed E-state index contributed by atoms with van der Waals surface area (Å²) < 4.78 is 38.0. The normalized spacial score (nSPS) is 12.1. The van der Waals surface area contributed by atoms with Crippen LogP contribution >= 0.6 is 0 Å². The van der Waals surface area contributed by atoms with Crippen LogP contribution in [-0.4, -0.2) is 5.54 Å². The molecule has 1 N–H and O–H groups in total. The SMILES string of the molecule is CCC(C)(CC)Nc1ccc(C(F)(F)F)c(C#N)c1. The molecule has 0 aliphatic carbocycles. The number of nitrogens with zero attached hydrogens (tertiary/aromatic N) is 1. The summed E-state index contributed by atoms with van der Waals surface area (Å²) in [6.45, 7) is 6.01. The van der Waals surface area contributed by atoms with E-state index in [-0.39, 0.29) is 11.1 Å². The summed E-state index contributed by atoms with van der Waals surface area (Å²) in [7, 11) is 0. The van der Waals surface area contributed by atoms with Gasteiger partial charge in [0, 0.05) is 11.2 Å². The van der Waals surface area contributed by atoms with E-state index in [2.05, 4.69) is 5.32 Å². The van der Waals surface area contributed by atoms with Crippen LogP contribution < -0.4 is 5.32 Å². The van der Waals surface area contributed by atoms with Gasteiger partial charge in [-0.3, -0.25) is 0 Å². The Hall–Kier alpha value is -1.70. The molecule has 0 aliphatic heterocycles. The van der Waals surface area contributed by atoms with E-state index in [1.54, 1.807) is 6.07 Å². The number of nitrogens with one attached hydrogen (secondary N) is 1. The van der Waals surface area contributed by atoms with Crippen LogP contribution in [0.15, 0.2) is 18.2 Å². The van der Waals surface area contributed by atoms with Crippen LogP contribution in [0, 0.1) is 11.3 Å². The van der Waals surface area contributed by atoms with Crippen LogP contribution in [0.2, 0.25) is 0 Å². The van der Waals surface area contributed by atoms with Crippen LogP contribution in [0.3, 0.4) is 0 Å². The molecule has 1 rings (SSSR count). The summed E-state index contributed by atoms with van der Waals surface area (Å²) in [5, 5.41) is 12.0. The third kappa shape index (κ3) is 3.63. The molecule has 0 spiro atoms. The molecule has 1 aromatic rings. The Kier molecular flexibility index (Phi) is 4.46. The van der Waals surface area contributed by atoms with Crippen molar-refractivity contribution >= 4 is 5.69 Å². The maximum absolute atomic E-state index is 12.7. The number of halogens is 3. The second-order valence-corrected chi connectivity index (χ2v) is 4.76. The third-order valence-electron chi connectivity index (χ3n) is 3.45. The molecule has 0 atom stereocenters. The van der Waals surface area contributed by atoms with Gasteiger partial charge in [0.2, 0.25) is 0 Å². The molecule has 0 bridgehead atoms. The molecule has 0 unspecified atom stereocenters. The Bertz CT molecular complexity index is 482. The summed E-state index contributed by atoms with van der Waals surface area (Å²) in [6.07, 6.45) is -2.82. The summed E-state index contributed by atoms with van der Waals surface area (Å²) in [5.41, 5.74) is -0.898. The molecule has 0 radical (unpaired) electrons. The van der Waals surface area contributed by atoms with Crippen molar-refractivity contribution < 1.29 is 13.2 Å². The topological polar surface area (TPSA) is 35.8 Å². The van der Waals surface area contributed by atoms with Gasteiger partial charge in [-0.15, -0.1) is 0 Å². The lowest BCUT2D eigenvalue weighted by Crippen LogP contribution is -2.33. The molecule has 5 heteroatoms.